The molecule has 1 aliphatic heterocycles. The molecular weight excluding hydrogens is 602 g/mol. The van der Waals surface area contributed by atoms with Gasteiger partial charge >= 0.3 is 6.09 Å². The first-order chi connectivity index (χ1) is 21.0. The molecule has 1 saturated heterocycles. The highest BCUT2D eigenvalue weighted by atomic mass is 35.5. The predicted molar refractivity (Wildman–Crippen MR) is 175 cm³/mol. The third-order valence-electron chi connectivity index (χ3n) is 7.70. The van der Waals surface area contributed by atoms with Crippen molar-refractivity contribution >= 4 is 52.4 Å². The zero-order valence-corrected chi connectivity index (χ0v) is 26.9. The van der Waals surface area contributed by atoms with Crippen LogP contribution in [0.1, 0.15) is 29.2 Å². The van der Waals surface area contributed by atoms with Gasteiger partial charge in [-0.2, -0.15) is 4.98 Å². The van der Waals surface area contributed by atoms with Gasteiger partial charge in [0.1, 0.15) is 17.4 Å². The summed E-state index contributed by atoms with van der Waals surface area (Å²) in [5, 5.41) is 3.95. The molecule has 0 spiro atoms. The minimum atomic E-state index is -0.641. The van der Waals surface area contributed by atoms with Gasteiger partial charge in [0.15, 0.2) is 0 Å². The molecule has 8 nitrogen and oxygen atoms in total. The first kappa shape index (κ1) is 31.5. The second kappa shape index (κ2) is 13.4. The molecule has 1 fully saturated rings. The molecule has 0 radical (unpaired) electrons. The quantitative estimate of drug-likeness (QED) is 0.221. The summed E-state index contributed by atoms with van der Waals surface area (Å²) >= 11 is 12.5. The molecule has 5 rings (SSSR count). The number of likely N-dealkylation sites (N-methyl/N-ethyl adjacent to an activating group) is 1. The second-order valence-electron chi connectivity index (χ2n) is 11.3. The lowest BCUT2D eigenvalue weighted by Crippen LogP contribution is -2.50. The molecule has 11 heteroatoms. The topological polar surface area (TPSA) is 73.8 Å². The molecule has 1 aliphatic rings. The SMILES string of the molecule is Cc1cc(C)c(OC(=O)N(Cc2cc(Cl)cc(Cl)c2)c2ccnc(Nc3ccc(N4CCN(C)C(C)C4)c(F)c3)n2)c(C)c1. The van der Waals surface area contributed by atoms with Crippen LogP contribution in [0.2, 0.25) is 10.0 Å². The van der Waals surface area contributed by atoms with Crippen molar-refractivity contribution in [2.24, 2.45) is 0 Å². The number of hydrogen-bond acceptors (Lipinski definition) is 7. The summed E-state index contributed by atoms with van der Waals surface area (Å²) in [7, 11) is 2.08. The Morgan fingerprint density at radius 2 is 1.75 bits per heavy atom. The molecule has 1 N–H and O–H groups in total. The highest BCUT2D eigenvalue weighted by molar-refractivity contribution is 6.34. The van der Waals surface area contributed by atoms with E-state index < -0.39 is 6.09 Å². The molecule has 230 valence electrons. The van der Waals surface area contributed by atoms with E-state index in [0.717, 1.165) is 36.3 Å². The molecule has 44 heavy (non-hydrogen) atoms. The molecule has 1 atom stereocenters. The Kier molecular flexibility index (Phi) is 9.58. The van der Waals surface area contributed by atoms with Crippen molar-refractivity contribution in [1.82, 2.24) is 14.9 Å². The zero-order chi connectivity index (χ0) is 31.5. The predicted octanol–water partition coefficient (Wildman–Crippen LogP) is 7.94. The smallest absolute Gasteiger partial charge is 0.409 e. The molecule has 1 amide bonds. The summed E-state index contributed by atoms with van der Waals surface area (Å²) in [6.07, 6.45) is 0.881. The van der Waals surface area contributed by atoms with E-state index >= 15 is 4.39 Å². The van der Waals surface area contributed by atoms with Crippen LogP contribution in [0.5, 0.6) is 5.75 Å². The van der Waals surface area contributed by atoms with E-state index in [9.17, 15) is 4.79 Å². The molecular formula is C33H35Cl2FN6O2. The number of amides is 1. The number of rotatable bonds is 7. The molecule has 0 bridgehead atoms. The van der Waals surface area contributed by atoms with Gasteiger partial charge in [-0.05, 0) is 93.9 Å². The Bertz CT molecular complexity index is 1640. The summed E-state index contributed by atoms with van der Waals surface area (Å²) < 4.78 is 21.2. The summed E-state index contributed by atoms with van der Waals surface area (Å²) in [5.41, 5.74) is 4.46. The van der Waals surface area contributed by atoms with Crippen LogP contribution < -0.4 is 19.9 Å². The molecule has 0 aliphatic carbocycles. The van der Waals surface area contributed by atoms with Gasteiger partial charge in [0, 0.05) is 47.6 Å². The van der Waals surface area contributed by atoms with Crippen molar-refractivity contribution in [3.63, 3.8) is 0 Å². The number of nitrogens with one attached hydrogen (secondary N) is 1. The fourth-order valence-corrected chi connectivity index (χ4v) is 5.96. The molecule has 4 aromatic rings. The fourth-order valence-electron chi connectivity index (χ4n) is 5.39. The van der Waals surface area contributed by atoms with E-state index in [1.807, 2.05) is 32.9 Å². The number of aryl methyl sites for hydroxylation is 3. The van der Waals surface area contributed by atoms with Crippen LogP contribution >= 0.6 is 23.2 Å². The van der Waals surface area contributed by atoms with Crippen LogP contribution in [-0.2, 0) is 6.54 Å². The summed E-state index contributed by atoms with van der Waals surface area (Å²) in [5.74, 6) is 0.601. The van der Waals surface area contributed by atoms with Gasteiger partial charge in [0.05, 0.1) is 12.2 Å². The minimum absolute atomic E-state index is 0.0757. The van der Waals surface area contributed by atoms with E-state index in [1.165, 1.54) is 17.2 Å². The average molecular weight is 638 g/mol. The number of halogens is 3. The summed E-state index contributed by atoms with van der Waals surface area (Å²) in [6.45, 7) is 10.3. The Morgan fingerprint density at radius 1 is 1.05 bits per heavy atom. The van der Waals surface area contributed by atoms with Gasteiger partial charge in [-0.15, -0.1) is 0 Å². The minimum Gasteiger partial charge on any atom is -0.409 e. The number of nitrogens with zero attached hydrogens (tertiary/aromatic N) is 5. The number of carbonyl (C=O) groups is 1. The number of carbonyl (C=O) groups excluding carboxylic acids is 1. The molecule has 1 aromatic heterocycles. The van der Waals surface area contributed by atoms with E-state index in [0.29, 0.717) is 38.8 Å². The fraction of sp³-hybridized carbons (Fsp3) is 0.303. The largest absolute Gasteiger partial charge is 0.421 e. The van der Waals surface area contributed by atoms with Crippen molar-refractivity contribution < 1.29 is 13.9 Å². The van der Waals surface area contributed by atoms with Crippen molar-refractivity contribution in [3.05, 3.63) is 98.9 Å². The van der Waals surface area contributed by atoms with Gasteiger partial charge in [-0.3, -0.25) is 4.90 Å². The molecule has 3 aromatic carbocycles. The third kappa shape index (κ3) is 7.41. The van der Waals surface area contributed by atoms with E-state index in [-0.39, 0.29) is 24.1 Å². The van der Waals surface area contributed by atoms with Gasteiger partial charge < -0.3 is 19.9 Å². The van der Waals surface area contributed by atoms with Crippen LogP contribution in [0.3, 0.4) is 0 Å². The van der Waals surface area contributed by atoms with Crippen LogP contribution in [0.15, 0.2) is 60.8 Å². The highest BCUT2D eigenvalue weighted by Crippen LogP contribution is 2.29. The van der Waals surface area contributed by atoms with Gasteiger partial charge in [-0.1, -0.05) is 40.9 Å². The van der Waals surface area contributed by atoms with Crippen LogP contribution in [0.4, 0.5) is 32.3 Å². The van der Waals surface area contributed by atoms with Gasteiger partial charge in [0.25, 0.3) is 0 Å². The van der Waals surface area contributed by atoms with Crippen molar-refractivity contribution in [3.8, 4) is 5.75 Å². The first-order valence-corrected chi connectivity index (χ1v) is 15.1. The molecule has 2 heterocycles. The third-order valence-corrected chi connectivity index (χ3v) is 8.14. The summed E-state index contributed by atoms with van der Waals surface area (Å²) in [6, 6.07) is 15.9. The second-order valence-corrected chi connectivity index (χ2v) is 12.1. The maximum absolute atomic E-state index is 15.3. The van der Waals surface area contributed by atoms with Gasteiger partial charge in [0.2, 0.25) is 5.95 Å². The first-order valence-electron chi connectivity index (χ1n) is 14.3. The Balaban J connectivity index is 1.41. The number of hydrogen-bond donors (Lipinski definition) is 1. The maximum Gasteiger partial charge on any atom is 0.421 e. The Hall–Kier alpha value is -3.92. The highest BCUT2D eigenvalue weighted by Gasteiger charge is 2.24. The maximum atomic E-state index is 15.3. The molecule has 0 saturated carbocycles. The van der Waals surface area contributed by atoms with E-state index in [1.54, 1.807) is 36.4 Å². The number of piperazine rings is 1. The number of anilines is 4. The van der Waals surface area contributed by atoms with Crippen molar-refractivity contribution in [2.75, 3.05) is 41.8 Å². The van der Waals surface area contributed by atoms with Crippen LogP contribution in [0, 0.1) is 26.6 Å². The van der Waals surface area contributed by atoms with Crippen molar-refractivity contribution in [2.45, 2.75) is 40.3 Å². The zero-order valence-electron chi connectivity index (χ0n) is 25.4. The normalized spacial score (nSPS) is 15.3. The standard InChI is InChI=1S/C33H35Cl2FN6O2/c1-20-12-21(2)31(22(3)13-20)44-33(43)42(19-24-14-25(34)16-26(35)15-24)30-8-9-37-32(39-30)38-27-6-7-29(28(36)17-27)41-11-10-40(5)23(4)18-41/h6-9,12-17,23H,10-11,18-19H2,1-5H3,(H,37,38,39). The van der Waals surface area contributed by atoms with E-state index in [4.69, 9.17) is 27.9 Å². The lowest BCUT2D eigenvalue weighted by atomic mass is 10.1. The van der Waals surface area contributed by atoms with Crippen molar-refractivity contribution in [1.29, 1.82) is 0 Å². The summed E-state index contributed by atoms with van der Waals surface area (Å²) in [4.78, 5) is 28.3. The number of ether oxygens (including phenoxy) is 1. The number of benzene rings is 3. The lowest BCUT2D eigenvalue weighted by molar-refractivity contribution is 0.206. The Morgan fingerprint density at radius 3 is 2.41 bits per heavy atom. The molecule has 1 unspecified atom stereocenters. The monoisotopic (exact) mass is 636 g/mol. The lowest BCUT2D eigenvalue weighted by Gasteiger charge is -2.39. The average Bonchev–Trinajstić information content (AvgIpc) is 2.95. The van der Waals surface area contributed by atoms with Crippen LogP contribution in [-0.4, -0.2) is 53.7 Å². The van der Waals surface area contributed by atoms with Gasteiger partial charge in [-0.25, -0.2) is 14.2 Å². The van der Waals surface area contributed by atoms with Crippen LogP contribution in [0.25, 0.3) is 0 Å². The van der Waals surface area contributed by atoms with E-state index in [2.05, 4.69) is 39.1 Å². The number of aromatic nitrogens is 2. The Labute approximate surface area is 267 Å².